The molecule has 1 aromatic heterocycles. The van der Waals surface area contributed by atoms with Crippen molar-refractivity contribution in [2.75, 3.05) is 31.6 Å². The van der Waals surface area contributed by atoms with Crippen LogP contribution in [-0.2, 0) is 9.53 Å². The highest BCUT2D eigenvalue weighted by Crippen LogP contribution is 2.28. The minimum atomic E-state index is -1.08. The van der Waals surface area contributed by atoms with Crippen LogP contribution >= 0.6 is 11.5 Å². The summed E-state index contributed by atoms with van der Waals surface area (Å²) in [6.45, 7) is 4.88. The zero-order valence-electron chi connectivity index (χ0n) is 11.6. The summed E-state index contributed by atoms with van der Waals surface area (Å²) in [4.78, 5) is 24.6. The third kappa shape index (κ3) is 2.82. The number of hydrogen-bond donors (Lipinski definition) is 2. The van der Waals surface area contributed by atoms with Gasteiger partial charge in [0.1, 0.15) is 17.2 Å². The third-order valence-corrected chi connectivity index (χ3v) is 4.30. The molecule has 0 aliphatic carbocycles. The van der Waals surface area contributed by atoms with E-state index in [1.807, 2.05) is 6.92 Å². The van der Waals surface area contributed by atoms with Gasteiger partial charge in [0.05, 0.1) is 11.3 Å². The van der Waals surface area contributed by atoms with Crippen LogP contribution in [0.4, 0.5) is 5.00 Å². The van der Waals surface area contributed by atoms with Gasteiger partial charge in [-0.15, -0.1) is 0 Å². The summed E-state index contributed by atoms with van der Waals surface area (Å²) in [5, 5.41) is 12.6. The van der Waals surface area contributed by atoms with Crippen LogP contribution in [-0.4, -0.2) is 53.7 Å². The molecule has 0 radical (unpaired) electrons. The Hall–Kier alpha value is -1.51. The molecule has 8 heteroatoms. The fourth-order valence-corrected chi connectivity index (χ4v) is 2.72. The molecule has 2 N–H and O–H groups in total. The number of carbonyl (C=O) groups is 2. The molecular weight excluding hydrogens is 282 g/mol. The number of aromatic carboxylic acids is 1. The summed E-state index contributed by atoms with van der Waals surface area (Å²) < 4.78 is 9.55. The number of aryl methyl sites for hydroxylation is 1. The van der Waals surface area contributed by atoms with Crippen LogP contribution in [0.2, 0.25) is 0 Å². The van der Waals surface area contributed by atoms with Gasteiger partial charge in [-0.1, -0.05) is 0 Å². The smallest absolute Gasteiger partial charge is 0.340 e. The first-order valence-electron chi connectivity index (χ1n) is 6.15. The highest BCUT2D eigenvalue weighted by Gasteiger charge is 2.34. The fourth-order valence-electron chi connectivity index (χ4n) is 1.86. The monoisotopic (exact) mass is 299 g/mol. The van der Waals surface area contributed by atoms with Crippen molar-refractivity contribution in [3.05, 3.63) is 11.3 Å². The van der Waals surface area contributed by atoms with Gasteiger partial charge < -0.3 is 20.1 Å². The predicted molar refractivity (Wildman–Crippen MR) is 74.4 cm³/mol. The van der Waals surface area contributed by atoms with E-state index in [1.165, 1.54) is 11.9 Å². The number of carboxylic acids is 1. The number of carboxylic acid groups (broad SMARTS) is 1. The number of rotatable bonds is 5. The molecule has 2 heterocycles. The first-order valence-corrected chi connectivity index (χ1v) is 6.92. The zero-order chi connectivity index (χ0) is 14.9. The lowest BCUT2D eigenvalue weighted by atomic mass is 10.0. The normalized spacial score (nSPS) is 16.6. The van der Waals surface area contributed by atoms with Gasteiger partial charge in [0.25, 0.3) is 5.91 Å². The molecule has 1 saturated heterocycles. The van der Waals surface area contributed by atoms with Crippen LogP contribution in [0.5, 0.6) is 0 Å². The molecule has 0 unspecified atom stereocenters. The van der Waals surface area contributed by atoms with Gasteiger partial charge in [0.15, 0.2) is 0 Å². The topological polar surface area (TPSA) is 91.8 Å². The second-order valence-corrected chi connectivity index (χ2v) is 5.80. The molecule has 0 atom stereocenters. The van der Waals surface area contributed by atoms with Crippen LogP contribution in [0.15, 0.2) is 0 Å². The average Bonchev–Trinajstić information content (AvgIpc) is 2.74. The quantitative estimate of drug-likeness (QED) is 0.822. The molecule has 0 bridgehead atoms. The van der Waals surface area contributed by atoms with Gasteiger partial charge in [0, 0.05) is 20.1 Å². The van der Waals surface area contributed by atoms with E-state index in [9.17, 15) is 9.59 Å². The predicted octanol–water partition coefficient (Wildman–Crippen LogP) is 0.491. The van der Waals surface area contributed by atoms with Gasteiger partial charge in [0.2, 0.25) is 0 Å². The first kappa shape index (κ1) is 14.9. The van der Waals surface area contributed by atoms with E-state index < -0.39 is 5.97 Å². The number of carbonyl (C=O) groups excluding carboxylic acids is 1. The fraction of sp³-hybridized carbons (Fsp3) is 0.583. The SMILES string of the molecule is Cc1nsc(N(C)C(=O)COC2(C)CNC2)c1C(=O)O. The molecule has 0 saturated carbocycles. The first-order chi connectivity index (χ1) is 9.34. The van der Waals surface area contributed by atoms with Crippen LogP contribution in [0, 0.1) is 6.92 Å². The van der Waals surface area contributed by atoms with Gasteiger partial charge in [-0.05, 0) is 25.4 Å². The maximum Gasteiger partial charge on any atom is 0.340 e. The number of ether oxygens (including phenoxy) is 1. The Bertz CT molecular complexity index is 539. The minimum absolute atomic E-state index is 0.0716. The molecule has 110 valence electrons. The van der Waals surface area contributed by atoms with Crippen molar-refractivity contribution in [2.24, 2.45) is 0 Å². The summed E-state index contributed by atoms with van der Waals surface area (Å²) in [5.74, 6) is -1.37. The minimum Gasteiger partial charge on any atom is -0.478 e. The second-order valence-electron chi connectivity index (χ2n) is 5.05. The Kier molecular flexibility index (Phi) is 4.07. The number of hydrogen-bond acceptors (Lipinski definition) is 6. The molecule has 0 aromatic carbocycles. The van der Waals surface area contributed by atoms with Crippen LogP contribution in [0.1, 0.15) is 23.0 Å². The van der Waals surface area contributed by atoms with Crippen molar-refractivity contribution in [1.82, 2.24) is 9.69 Å². The number of aromatic nitrogens is 1. The van der Waals surface area contributed by atoms with Gasteiger partial charge in [-0.3, -0.25) is 4.79 Å². The van der Waals surface area contributed by atoms with Gasteiger partial charge >= 0.3 is 5.97 Å². The highest BCUT2D eigenvalue weighted by molar-refractivity contribution is 7.11. The average molecular weight is 299 g/mol. The summed E-state index contributed by atoms with van der Waals surface area (Å²) in [6.07, 6.45) is 0. The standard InChI is InChI=1S/C12H17N3O4S/c1-7-9(11(17)18)10(20-14-7)15(3)8(16)4-19-12(2)5-13-6-12/h13H,4-6H2,1-3H3,(H,17,18). The summed E-state index contributed by atoms with van der Waals surface area (Å²) in [6, 6.07) is 0. The number of likely N-dealkylation sites (N-methyl/N-ethyl adjacent to an activating group) is 1. The Balaban J connectivity index is 2.05. The molecule has 1 fully saturated rings. The van der Waals surface area contributed by atoms with Crippen molar-refractivity contribution in [3.63, 3.8) is 0 Å². The summed E-state index contributed by atoms with van der Waals surface area (Å²) in [7, 11) is 1.53. The lowest BCUT2D eigenvalue weighted by Crippen LogP contribution is -2.59. The van der Waals surface area contributed by atoms with Crippen molar-refractivity contribution >= 4 is 28.4 Å². The molecule has 7 nitrogen and oxygen atoms in total. The molecule has 1 aromatic rings. The van der Waals surface area contributed by atoms with E-state index in [1.54, 1.807) is 6.92 Å². The van der Waals surface area contributed by atoms with Crippen molar-refractivity contribution in [1.29, 1.82) is 0 Å². The van der Waals surface area contributed by atoms with E-state index in [4.69, 9.17) is 9.84 Å². The number of anilines is 1. The number of nitrogens with zero attached hydrogens (tertiary/aromatic N) is 2. The molecule has 0 spiro atoms. The third-order valence-electron chi connectivity index (χ3n) is 3.28. The Morgan fingerprint density at radius 2 is 2.20 bits per heavy atom. The van der Waals surface area contributed by atoms with E-state index in [0.29, 0.717) is 23.8 Å². The largest absolute Gasteiger partial charge is 0.478 e. The Labute approximate surface area is 120 Å². The van der Waals surface area contributed by atoms with Crippen LogP contribution in [0.25, 0.3) is 0 Å². The maximum atomic E-state index is 12.1. The lowest BCUT2D eigenvalue weighted by Gasteiger charge is -2.39. The second kappa shape index (κ2) is 5.47. The summed E-state index contributed by atoms with van der Waals surface area (Å²) in [5.41, 5.74) is 0.172. The molecular formula is C12H17N3O4S. The van der Waals surface area contributed by atoms with Gasteiger partial charge in [-0.25, -0.2) is 4.79 Å². The molecule has 1 aliphatic rings. The number of nitrogens with one attached hydrogen (secondary N) is 1. The van der Waals surface area contributed by atoms with Crippen LogP contribution in [0.3, 0.4) is 0 Å². The zero-order valence-corrected chi connectivity index (χ0v) is 12.4. The molecule has 1 aliphatic heterocycles. The van der Waals surface area contributed by atoms with Crippen molar-refractivity contribution < 1.29 is 19.4 Å². The van der Waals surface area contributed by atoms with E-state index in [2.05, 4.69) is 9.69 Å². The highest BCUT2D eigenvalue weighted by atomic mass is 32.1. The molecule has 1 amide bonds. The maximum absolute atomic E-state index is 12.1. The molecule has 20 heavy (non-hydrogen) atoms. The lowest BCUT2D eigenvalue weighted by molar-refractivity contribution is -0.132. The van der Waals surface area contributed by atoms with Crippen molar-refractivity contribution in [2.45, 2.75) is 19.4 Å². The van der Waals surface area contributed by atoms with E-state index in [-0.39, 0.29) is 23.7 Å². The van der Waals surface area contributed by atoms with Crippen molar-refractivity contribution in [3.8, 4) is 0 Å². The molecule has 2 rings (SSSR count). The van der Waals surface area contributed by atoms with Gasteiger partial charge in [-0.2, -0.15) is 4.37 Å². The Morgan fingerprint density at radius 3 is 2.70 bits per heavy atom. The number of amides is 1. The Morgan fingerprint density at radius 1 is 1.55 bits per heavy atom. The van der Waals surface area contributed by atoms with E-state index in [0.717, 1.165) is 11.5 Å². The summed E-state index contributed by atoms with van der Waals surface area (Å²) >= 11 is 1.00. The van der Waals surface area contributed by atoms with Crippen LogP contribution < -0.4 is 10.2 Å². The van der Waals surface area contributed by atoms with E-state index >= 15 is 0 Å².